The fourth-order valence-corrected chi connectivity index (χ4v) is 1.98. The minimum atomic E-state index is -3.18. The van der Waals surface area contributed by atoms with Gasteiger partial charge < -0.3 is 4.90 Å². The molecule has 16 heavy (non-hydrogen) atoms. The summed E-state index contributed by atoms with van der Waals surface area (Å²) in [4.78, 5) is 2.04. The summed E-state index contributed by atoms with van der Waals surface area (Å²) in [7, 11) is 0.769. The van der Waals surface area contributed by atoms with E-state index in [0.29, 0.717) is 5.69 Å². The smallest absolute Gasteiger partial charge is 0.232 e. The highest BCUT2D eigenvalue weighted by atomic mass is 32.2. The lowest BCUT2D eigenvalue weighted by atomic mass is 10.2. The van der Waals surface area contributed by atoms with E-state index in [4.69, 9.17) is 0 Å². The quantitative estimate of drug-likeness (QED) is 0.851. The van der Waals surface area contributed by atoms with Crippen molar-refractivity contribution >= 4 is 15.7 Å². The van der Waals surface area contributed by atoms with E-state index in [2.05, 4.69) is 4.72 Å². The Bertz CT molecular complexity index is 441. The van der Waals surface area contributed by atoms with Gasteiger partial charge in [0.15, 0.2) is 0 Å². The maximum Gasteiger partial charge on any atom is 0.232 e. The van der Waals surface area contributed by atoms with Crippen molar-refractivity contribution in [3.63, 3.8) is 0 Å². The molecule has 0 aliphatic heterocycles. The number of hydrogen-bond donors (Lipinski definition) is 1. The highest BCUT2D eigenvalue weighted by Gasteiger charge is 2.06. The highest BCUT2D eigenvalue weighted by Crippen LogP contribution is 2.13. The monoisotopic (exact) mass is 242 g/mol. The molecule has 0 fully saturated rings. The second kappa shape index (κ2) is 5.32. The fraction of sp³-hybridized carbons (Fsp3) is 0.455. The summed E-state index contributed by atoms with van der Waals surface area (Å²) < 4.78 is 25.3. The van der Waals surface area contributed by atoms with Gasteiger partial charge in [-0.25, -0.2) is 8.42 Å². The van der Waals surface area contributed by atoms with Crippen LogP contribution in [0.4, 0.5) is 5.69 Å². The van der Waals surface area contributed by atoms with E-state index in [0.717, 1.165) is 12.1 Å². The zero-order valence-electron chi connectivity index (χ0n) is 9.90. The third-order valence-corrected chi connectivity index (χ3v) is 3.39. The summed E-state index contributed by atoms with van der Waals surface area (Å²) in [6.07, 6.45) is 0. The molecule has 0 amide bonds. The van der Waals surface area contributed by atoms with Crippen molar-refractivity contribution in [2.24, 2.45) is 0 Å². The number of anilines is 1. The summed E-state index contributed by atoms with van der Waals surface area (Å²) >= 11 is 0. The molecule has 1 rings (SSSR count). The summed E-state index contributed by atoms with van der Waals surface area (Å²) in [5.74, 6) is 0.0882. The summed E-state index contributed by atoms with van der Waals surface area (Å²) in [6.45, 7) is 2.41. The topological polar surface area (TPSA) is 49.4 Å². The maximum absolute atomic E-state index is 11.4. The Hall–Kier alpha value is -1.07. The lowest BCUT2D eigenvalue weighted by Crippen LogP contribution is -2.15. The second-order valence-electron chi connectivity index (χ2n) is 3.94. The molecule has 0 saturated heterocycles. The van der Waals surface area contributed by atoms with Crippen LogP contribution >= 0.6 is 0 Å². The Morgan fingerprint density at radius 2 is 2.00 bits per heavy atom. The van der Waals surface area contributed by atoms with Gasteiger partial charge in [-0.05, 0) is 38.7 Å². The lowest BCUT2D eigenvalue weighted by molar-refractivity contribution is 0.402. The zero-order chi connectivity index (χ0) is 12.2. The molecule has 0 bridgehead atoms. The van der Waals surface area contributed by atoms with Gasteiger partial charge in [0, 0.05) is 12.2 Å². The van der Waals surface area contributed by atoms with Crippen LogP contribution in [0.15, 0.2) is 24.3 Å². The van der Waals surface area contributed by atoms with Crippen LogP contribution in [0.1, 0.15) is 12.5 Å². The number of nitrogens with one attached hydrogen (secondary N) is 1. The van der Waals surface area contributed by atoms with Crippen molar-refractivity contribution in [1.82, 2.24) is 4.90 Å². The molecular formula is C11H18N2O2S. The molecular weight excluding hydrogens is 224 g/mol. The van der Waals surface area contributed by atoms with Gasteiger partial charge in [0.05, 0.1) is 5.75 Å². The van der Waals surface area contributed by atoms with E-state index in [1.165, 1.54) is 0 Å². The van der Waals surface area contributed by atoms with Crippen LogP contribution in [0.2, 0.25) is 0 Å². The van der Waals surface area contributed by atoms with Crippen molar-refractivity contribution < 1.29 is 8.42 Å². The molecule has 0 saturated carbocycles. The number of rotatable bonds is 5. The van der Waals surface area contributed by atoms with Crippen LogP contribution in [0, 0.1) is 0 Å². The van der Waals surface area contributed by atoms with E-state index in [-0.39, 0.29) is 5.75 Å². The Labute approximate surface area is 97.3 Å². The fourth-order valence-electron chi connectivity index (χ4n) is 1.35. The second-order valence-corrected chi connectivity index (χ2v) is 5.95. The van der Waals surface area contributed by atoms with Crippen LogP contribution in [-0.2, 0) is 16.6 Å². The third kappa shape index (κ3) is 4.20. The first-order valence-electron chi connectivity index (χ1n) is 5.17. The number of nitrogens with zero attached hydrogens (tertiary/aromatic N) is 1. The average Bonchev–Trinajstić information content (AvgIpc) is 2.16. The third-order valence-electron chi connectivity index (χ3n) is 2.08. The van der Waals surface area contributed by atoms with Gasteiger partial charge in [-0.1, -0.05) is 12.1 Å². The van der Waals surface area contributed by atoms with Gasteiger partial charge in [0.25, 0.3) is 0 Å². The van der Waals surface area contributed by atoms with Gasteiger partial charge in [0.2, 0.25) is 10.0 Å². The van der Waals surface area contributed by atoms with E-state index in [1.54, 1.807) is 13.0 Å². The molecule has 1 aromatic rings. The molecule has 0 atom stereocenters. The normalized spacial score (nSPS) is 11.8. The molecule has 0 radical (unpaired) electrons. The van der Waals surface area contributed by atoms with E-state index < -0.39 is 10.0 Å². The number of sulfonamides is 1. The van der Waals surface area contributed by atoms with E-state index >= 15 is 0 Å². The Kier molecular flexibility index (Phi) is 4.32. The molecule has 0 spiro atoms. The molecule has 0 aliphatic rings. The average molecular weight is 242 g/mol. The van der Waals surface area contributed by atoms with Crippen LogP contribution in [-0.4, -0.2) is 33.2 Å². The summed E-state index contributed by atoms with van der Waals surface area (Å²) in [6, 6.07) is 7.44. The molecule has 0 aromatic heterocycles. The molecule has 1 N–H and O–H groups in total. The molecule has 4 nitrogen and oxygen atoms in total. The molecule has 0 heterocycles. The largest absolute Gasteiger partial charge is 0.305 e. The van der Waals surface area contributed by atoms with Gasteiger partial charge in [-0.2, -0.15) is 0 Å². The van der Waals surface area contributed by atoms with Crippen molar-refractivity contribution in [2.45, 2.75) is 13.5 Å². The molecule has 0 unspecified atom stereocenters. The zero-order valence-corrected chi connectivity index (χ0v) is 10.7. The van der Waals surface area contributed by atoms with Gasteiger partial charge in [0.1, 0.15) is 0 Å². The number of benzene rings is 1. The van der Waals surface area contributed by atoms with E-state index in [9.17, 15) is 8.42 Å². The molecule has 90 valence electrons. The standard InChI is InChI=1S/C11H18N2O2S/c1-4-16(14,15)12-11-7-5-6-10(8-11)9-13(2)3/h5-8,12H,4,9H2,1-3H3. The Morgan fingerprint density at radius 1 is 1.31 bits per heavy atom. The molecule has 5 heteroatoms. The first-order valence-corrected chi connectivity index (χ1v) is 6.82. The van der Waals surface area contributed by atoms with Gasteiger partial charge in [-0.3, -0.25) is 4.72 Å². The van der Waals surface area contributed by atoms with Crippen molar-refractivity contribution in [2.75, 3.05) is 24.6 Å². The Balaban J connectivity index is 2.83. The maximum atomic E-state index is 11.4. The summed E-state index contributed by atoms with van der Waals surface area (Å²) in [5.41, 5.74) is 1.71. The van der Waals surface area contributed by atoms with Crippen LogP contribution in [0.5, 0.6) is 0 Å². The molecule has 1 aromatic carbocycles. The lowest BCUT2D eigenvalue weighted by Gasteiger charge is -2.11. The van der Waals surface area contributed by atoms with Crippen LogP contribution in [0.25, 0.3) is 0 Å². The first-order chi connectivity index (χ1) is 7.43. The van der Waals surface area contributed by atoms with Crippen molar-refractivity contribution in [1.29, 1.82) is 0 Å². The van der Waals surface area contributed by atoms with Crippen LogP contribution in [0.3, 0.4) is 0 Å². The number of hydrogen-bond acceptors (Lipinski definition) is 3. The van der Waals surface area contributed by atoms with Crippen molar-refractivity contribution in [3.8, 4) is 0 Å². The molecule has 0 aliphatic carbocycles. The first kappa shape index (κ1) is 13.0. The summed E-state index contributed by atoms with van der Waals surface area (Å²) in [5, 5.41) is 0. The van der Waals surface area contributed by atoms with Crippen molar-refractivity contribution in [3.05, 3.63) is 29.8 Å². The minimum absolute atomic E-state index is 0.0882. The minimum Gasteiger partial charge on any atom is -0.305 e. The predicted octanol–water partition coefficient (Wildman–Crippen LogP) is 1.51. The SMILES string of the molecule is CCS(=O)(=O)Nc1cccc(CN(C)C)c1. The van der Waals surface area contributed by atoms with Gasteiger partial charge in [-0.15, -0.1) is 0 Å². The predicted molar refractivity (Wildman–Crippen MR) is 66.9 cm³/mol. The Morgan fingerprint density at radius 3 is 2.56 bits per heavy atom. The van der Waals surface area contributed by atoms with Crippen LogP contribution < -0.4 is 4.72 Å². The van der Waals surface area contributed by atoms with E-state index in [1.807, 2.05) is 37.2 Å². The highest BCUT2D eigenvalue weighted by molar-refractivity contribution is 7.92. The van der Waals surface area contributed by atoms with Gasteiger partial charge >= 0.3 is 0 Å².